The van der Waals surface area contributed by atoms with Crippen LogP contribution in [0.3, 0.4) is 0 Å². The largest absolute Gasteiger partial charge is 0.419 e. The van der Waals surface area contributed by atoms with Gasteiger partial charge in [-0.15, -0.1) is 0 Å². The number of nitrogens with one attached hydrogen (secondary N) is 1. The van der Waals surface area contributed by atoms with Crippen molar-refractivity contribution in [3.8, 4) is 0 Å². The first-order valence-corrected chi connectivity index (χ1v) is 6.12. The fourth-order valence-corrected chi connectivity index (χ4v) is 2.07. The van der Waals surface area contributed by atoms with Gasteiger partial charge in [-0.25, -0.2) is 4.39 Å². The highest BCUT2D eigenvalue weighted by atomic mass is 19.4. The van der Waals surface area contributed by atoms with E-state index >= 15 is 0 Å². The lowest BCUT2D eigenvalue weighted by Gasteiger charge is -2.19. The van der Waals surface area contributed by atoms with Crippen LogP contribution in [0.25, 0.3) is 0 Å². The number of amides is 1. The zero-order chi connectivity index (χ0) is 14.9. The van der Waals surface area contributed by atoms with Gasteiger partial charge in [0.2, 0.25) is 5.91 Å². The minimum atomic E-state index is -4.75. The lowest BCUT2D eigenvalue weighted by Crippen LogP contribution is -2.28. The Balaban J connectivity index is 2.34. The lowest BCUT2D eigenvalue weighted by molar-refractivity contribution is -0.140. The number of alkyl halides is 3. The summed E-state index contributed by atoms with van der Waals surface area (Å²) >= 11 is 0. The topological polar surface area (TPSA) is 29.1 Å². The molecular formula is C14H13F4NO. The molecule has 108 valence electrons. The van der Waals surface area contributed by atoms with Crippen LogP contribution < -0.4 is 5.32 Å². The molecule has 1 unspecified atom stereocenters. The molecule has 1 aromatic carbocycles. The Hall–Kier alpha value is -1.85. The summed E-state index contributed by atoms with van der Waals surface area (Å²) in [6.07, 6.45) is -2.05. The van der Waals surface area contributed by atoms with E-state index in [0.717, 1.165) is 31.1 Å². The second-order valence-electron chi connectivity index (χ2n) is 4.76. The maximum Gasteiger partial charge on any atom is 0.419 e. The number of rotatable bonds is 4. The minimum absolute atomic E-state index is 0.0884. The first kappa shape index (κ1) is 14.6. The van der Waals surface area contributed by atoms with E-state index in [2.05, 4.69) is 11.9 Å². The highest BCUT2D eigenvalue weighted by molar-refractivity contribution is 5.87. The Bertz CT molecular complexity index is 534. The predicted molar refractivity (Wildman–Crippen MR) is 65.2 cm³/mol. The van der Waals surface area contributed by atoms with E-state index < -0.39 is 29.5 Å². The maximum absolute atomic E-state index is 13.3. The van der Waals surface area contributed by atoms with Gasteiger partial charge in [0.05, 0.1) is 11.6 Å². The first-order valence-electron chi connectivity index (χ1n) is 6.12. The minimum Gasteiger partial charge on any atom is -0.345 e. The van der Waals surface area contributed by atoms with Crippen LogP contribution in [0.2, 0.25) is 0 Å². The van der Waals surface area contributed by atoms with Gasteiger partial charge in [0.15, 0.2) is 0 Å². The summed E-state index contributed by atoms with van der Waals surface area (Å²) in [5.41, 5.74) is -1.05. The van der Waals surface area contributed by atoms with E-state index in [1.165, 1.54) is 6.07 Å². The third kappa shape index (κ3) is 3.18. The number of carbonyl (C=O) groups is 1. The average Bonchev–Trinajstić information content (AvgIpc) is 3.19. The molecule has 1 fully saturated rings. The van der Waals surface area contributed by atoms with Crippen molar-refractivity contribution in [2.45, 2.75) is 25.1 Å². The van der Waals surface area contributed by atoms with Crippen molar-refractivity contribution >= 4 is 5.91 Å². The zero-order valence-corrected chi connectivity index (χ0v) is 10.5. The quantitative estimate of drug-likeness (QED) is 0.665. The zero-order valence-electron chi connectivity index (χ0n) is 10.5. The molecule has 0 saturated heterocycles. The molecule has 6 heteroatoms. The monoisotopic (exact) mass is 287 g/mol. The first-order chi connectivity index (χ1) is 9.32. The summed E-state index contributed by atoms with van der Waals surface area (Å²) in [5.74, 6) is -1.68. The molecule has 1 aromatic rings. The van der Waals surface area contributed by atoms with Crippen LogP contribution in [0, 0.1) is 11.7 Å². The maximum atomic E-state index is 13.3. The van der Waals surface area contributed by atoms with Crippen LogP contribution in [0.5, 0.6) is 0 Å². The SMILES string of the molecule is C=CC(=O)NC(c1ccc(F)c(C(F)(F)F)c1)C1CC1. The third-order valence-corrected chi connectivity index (χ3v) is 3.23. The molecule has 2 rings (SSSR count). The molecule has 0 heterocycles. The van der Waals surface area contributed by atoms with Gasteiger partial charge in [-0.1, -0.05) is 12.6 Å². The third-order valence-electron chi connectivity index (χ3n) is 3.23. The van der Waals surface area contributed by atoms with Gasteiger partial charge in [0.1, 0.15) is 5.82 Å². The average molecular weight is 287 g/mol. The van der Waals surface area contributed by atoms with Gasteiger partial charge in [0.25, 0.3) is 0 Å². The van der Waals surface area contributed by atoms with Crippen molar-refractivity contribution in [1.82, 2.24) is 5.32 Å². The fourth-order valence-electron chi connectivity index (χ4n) is 2.07. The van der Waals surface area contributed by atoms with Gasteiger partial charge in [-0.3, -0.25) is 4.79 Å². The lowest BCUT2D eigenvalue weighted by atomic mass is 9.99. The van der Waals surface area contributed by atoms with Gasteiger partial charge in [-0.05, 0) is 42.5 Å². The molecule has 1 aliphatic rings. The van der Waals surface area contributed by atoms with Gasteiger partial charge >= 0.3 is 6.18 Å². The summed E-state index contributed by atoms with van der Waals surface area (Å²) in [4.78, 5) is 11.4. The van der Waals surface area contributed by atoms with Crippen LogP contribution in [0.1, 0.15) is 30.0 Å². The summed E-state index contributed by atoms with van der Waals surface area (Å²) < 4.78 is 51.3. The Morgan fingerprint density at radius 2 is 2.05 bits per heavy atom. The van der Waals surface area contributed by atoms with E-state index in [4.69, 9.17) is 0 Å². The number of benzene rings is 1. The Morgan fingerprint density at radius 3 is 2.55 bits per heavy atom. The molecule has 0 spiro atoms. The molecular weight excluding hydrogens is 274 g/mol. The van der Waals surface area contributed by atoms with Gasteiger partial charge in [0, 0.05) is 0 Å². The molecule has 0 bridgehead atoms. The van der Waals surface area contributed by atoms with Crippen molar-refractivity contribution in [2.75, 3.05) is 0 Å². The number of hydrogen-bond acceptors (Lipinski definition) is 1. The Kier molecular flexibility index (Phi) is 3.83. The second-order valence-corrected chi connectivity index (χ2v) is 4.76. The summed E-state index contributed by atoms with van der Waals surface area (Å²) in [6, 6.07) is 2.29. The fraction of sp³-hybridized carbons (Fsp3) is 0.357. The molecule has 2 nitrogen and oxygen atoms in total. The molecule has 1 aliphatic carbocycles. The Morgan fingerprint density at radius 1 is 1.40 bits per heavy atom. The Labute approximate surface area is 113 Å². The van der Waals surface area contributed by atoms with E-state index in [-0.39, 0.29) is 11.5 Å². The van der Waals surface area contributed by atoms with Crippen molar-refractivity contribution in [2.24, 2.45) is 5.92 Å². The molecule has 0 aliphatic heterocycles. The van der Waals surface area contributed by atoms with Crippen LogP contribution in [0.4, 0.5) is 17.6 Å². The van der Waals surface area contributed by atoms with Crippen molar-refractivity contribution < 1.29 is 22.4 Å². The van der Waals surface area contributed by atoms with Crippen LogP contribution in [-0.2, 0) is 11.0 Å². The number of halogens is 4. The summed E-state index contributed by atoms with van der Waals surface area (Å²) in [7, 11) is 0. The molecule has 1 saturated carbocycles. The molecule has 1 amide bonds. The molecule has 0 aromatic heterocycles. The number of hydrogen-bond donors (Lipinski definition) is 1. The molecule has 1 N–H and O–H groups in total. The van der Waals surface area contributed by atoms with Gasteiger partial charge in [-0.2, -0.15) is 13.2 Å². The normalized spacial score (nSPS) is 16.6. The summed E-state index contributed by atoms with van der Waals surface area (Å²) in [5, 5.41) is 2.60. The van der Waals surface area contributed by atoms with Crippen molar-refractivity contribution in [1.29, 1.82) is 0 Å². The number of carbonyl (C=O) groups excluding carboxylic acids is 1. The van der Waals surface area contributed by atoms with Crippen LogP contribution in [0.15, 0.2) is 30.9 Å². The van der Waals surface area contributed by atoms with E-state index in [1.54, 1.807) is 0 Å². The molecule has 0 radical (unpaired) electrons. The summed E-state index contributed by atoms with van der Waals surface area (Å²) in [6.45, 7) is 3.31. The van der Waals surface area contributed by atoms with E-state index in [0.29, 0.717) is 0 Å². The van der Waals surface area contributed by atoms with Gasteiger partial charge < -0.3 is 5.32 Å². The highest BCUT2D eigenvalue weighted by Crippen LogP contribution is 2.42. The predicted octanol–water partition coefficient (Wildman–Crippen LogP) is 3.60. The van der Waals surface area contributed by atoms with E-state index in [9.17, 15) is 22.4 Å². The van der Waals surface area contributed by atoms with Crippen molar-refractivity contribution in [3.05, 3.63) is 47.8 Å². The highest BCUT2D eigenvalue weighted by Gasteiger charge is 2.37. The van der Waals surface area contributed by atoms with Crippen LogP contribution >= 0.6 is 0 Å². The molecule has 1 atom stereocenters. The molecule has 20 heavy (non-hydrogen) atoms. The second kappa shape index (κ2) is 5.26. The standard InChI is InChI=1S/C14H13F4NO/c1-2-12(20)19-13(8-3-4-8)9-5-6-11(15)10(7-9)14(16,17)18/h2,5-8,13H,1,3-4H2,(H,19,20). The van der Waals surface area contributed by atoms with Crippen molar-refractivity contribution in [3.63, 3.8) is 0 Å². The smallest absolute Gasteiger partial charge is 0.345 e. The van der Waals surface area contributed by atoms with E-state index in [1.807, 2.05) is 0 Å². The van der Waals surface area contributed by atoms with Crippen LogP contribution in [-0.4, -0.2) is 5.91 Å².